The van der Waals surface area contributed by atoms with Crippen molar-refractivity contribution in [1.29, 1.82) is 5.26 Å². The lowest BCUT2D eigenvalue weighted by Crippen LogP contribution is -2.32. The summed E-state index contributed by atoms with van der Waals surface area (Å²) in [6.07, 6.45) is 3.20. The lowest BCUT2D eigenvalue weighted by Gasteiger charge is -2.27. The zero-order valence-electron chi connectivity index (χ0n) is 14.9. The molecule has 142 valence electrons. The smallest absolute Gasteiger partial charge is 0.466 e. The van der Waals surface area contributed by atoms with Gasteiger partial charge in [0.05, 0.1) is 18.1 Å². The number of hydrogen-bond acceptors (Lipinski definition) is 7. The molecule has 10 heteroatoms. The molecule has 0 amide bonds. The van der Waals surface area contributed by atoms with Crippen LogP contribution in [0.3, 0.4) is 0 Å². The third kappa shape index (κ3) is 3.09. The molecule has 8 nitrogen and oxygen atoms in total. The van der Waals surface area contributed by atoms with Crippen LogP contribution < -0.4 is 10.2 Å². The van der Waals surface area contributed by atoms with Crippen molar-refractivity contribution in [2.24, 2.45) is 0 Å². The Hall–Kier alpha value is -3.00. The van der Waals surface area contributed by atoms with Gasteiger partial charge in [0, 0.05) is 7.11 Å². The van der Waals surface area contributed by atoms with Gasteiger partial charge in [-0.05, 0) is 42.6 Å². The summed E-state index contributed by atoms with van der Waals surface area (Å²) in [5, 5.41) is 28.6. The van der Waals surface area contributed by atoms with E-state index >= 15 is 0 Å². The molecule has 4 rings (SSSR count). The van der Waals surface area contributed by atoms with Crippen LogP contribution in [-0.2, 0) is 4.74 Å². The maximum atomic E-state index is 13.3. The highest BCUT2D eigenvalue weighted by Crippen LogP contribution is 2.50. The van der Waals surface area contributed by atoms with E-state index in [9.17, 15) is 19.7 Å². The number of hydrogen-bond donors (Lipinski definition) is 2. The van der Waals surface area contributed by atoms with Crippen LogP contribution in [0, 0.1) is 17.1 Å². The van der Waals surface area contributed by atoms with Gasteiger partial charge in [-0.15, -0.1) is 0 Å². The predicted molar refractivity (Wildman–Crippen MR) is 96.3 cm³/mol. The molecule has 1 aliphatic rings. The van der Waals surface area contributed by atoms with E-state index in [2.05, 4.69) is 9.97 Å². The van der Waals surface area contributed by atoms with Gasteiger partial charge in [-0.3, -0.25) is 9.38 Å². The number of imidazole rings is 1. The minimum atomic E-state index is -1.74. The zero-order chi connectivity index (χ0) is 19.9. The molecule has 28 heavy (non-hydrogen) atoms. The molecule has 0 aromatic carbocycles. The Bertz CT molecular complexity index is 1060. The fraction of sp³-hybridized carbons (Fsp3) is 0.278. The summed E-state index contributed by atoms with van der Waals surface area (Å²) in [6, 6.07) is 7.69. The van der Waals surface area contributed by atoms with Crippen molar-refractivity contribution in [1.82, 2.24) is 14.4 Å². The number of rotatable bonds is 6. The van der Waals surface area contributed by atoms with Crippen molar-refractivity contribution in [3.05, 3.63) is 53.9 Å². The zero-order valence-corrected chi connectivity index (χ0v) is 14.9. The van der Waals surface area contributed by atoms with E-state index in [0.29, 0.717) is 24.2 Å². The van der Waals surface area contributed by atoms with Crippen LogP contribution in [0.15, 0.2) is 36.7 Å². The summed E-state index contributed by atoms with van der Waals surface area (Å²) < 4.78 is 26.7. The van der Waals surface area contributed by atoms with Gasteiger partial charge in [0.1, 0.15) is 28.8 Å². The first-order valence-corrected chi connectivity index (χ1v) is 8.58. The van der Waals surface area contributed by atoms with E-state index in [1.807, 2.05) is 6.07 Å². The van der Waals surface area contributed by atoms with Crippen LogP contribution in [0.5, 0.6) is 5.88 Å². The van der Waals surface area contributed by atoms with Gasteiger partial charge in [0.25, 0.3) is 0 Å². The van der Waals surface area contributed by atoms with Crippen molar-refractivity contribution < 1.29 is 23.9 Å². The molecule has 3 aromatic rings. The van der Waals surface area contributed by atoms with Crippen molar-refractivity contribution in [2.45, 2.75) is 24.5 Å². The number of nitrogens with zero attached hydrogens (tertiary/aromatic N) is 4. The predicted octanol–water partition coefficient (Wildman–Crippen LogP) is 0.719. The Balaban J connectivity index is 1.84. The second-order valence-corrected chi connectivity index (χ2v) is 6.62. The van der Waals surface area contributed by atoms with Gasteiger partial charge in [0.15, 0.2) is 6.10 Å². The van der Waals surface area contributed by atoms with Crippen molar-refractivity contribution in [3.63, 3.8) is 0 Å². The number of fused-ring (bicyclic) bond motifs is 1. The fourth-order valence-electron chi connectivity index (χ4n) is 3.21. The second kappa shape index (κ2) is 6.87. The number of halogens is 1. The van der Waals surface area contributed by atoms with Crippen molar-refractivity contribution in [3.8, 4) is 11.9 Å². The first-order chi connectivity index (χ1) is 13.5. The Morgan fingerprint density at radius 2 is 2.07 bits per heavy atom. The first kappa shape index (κ1) is 18.4. The third-order valence-corrected chi connectivity index (χ3v) is 4.89. The molecular formula is C18H16BFN4O4. The van der Waals surface area contributed by atoms with E-state index in [0.717, 1.165) is 6.20 Å². The Kier molecular flexibility index (Phi) is 4.51. The summed E-state index contributed by atoms with van der Waals surface area (Å²) in [5.74, 6) is -0.298. The maximum absolute atomic E-state index is 13.3. The van der Waals surface area contributed by atoms with Gasteiger partial charge < -0.3 is 19.5 Å². The van der Waals surface area contributed by atoms with Crippen LogP contribution in [0.1, 0.15) is 30.3 Å². The number of nitriles is 1. The summed E-state index contributed by atoms with van der Waals surface area (Å²) in [7, 11) is -0.178. The van der Waals surface area contributed by atoms with Crippen molar-refractivity contribution >= 4 is 18.2 Å². The standard InChI is InChI=1S/C18H16BFN4O4/c1-27-18(4-5-18)17(14-3-2-12(20)9-22-14)28-16-7-11(19(25)26)6-15-23-10-13(8-21)24(15)16/h2-3,6-7,9-10,17,25-26H,4-5H2,1H3. The summed E-state index contributed by atoms with van der Waals surface area (Å²) in [5.41, 5.74) is 0.522. The first-order valence-electron chi connectivity index (χ1n) is 8.58. The highest BCUT2D eigenvalue weighted by atomic mass is 19.1. The lowest BCUT2D eigenvalue weighted by atomic mass is 9.81. The Morgan fingerprint density at radius 1 is 1.29 bits per heavy atom. The molecule has 2 N–H and O–H groups in total. The molecule has 0 bridgehead atoms. The van der Waals surface area contributed by atoms with Gasteiger partial charge in [-0.1, -0.05) is 0 Å². The van der Waals surface area contributed by atoms with Crippen LogP contribution in [0.2, 0.25) is 0 Å². The summed E-state index contributed by atoms with van der Waals surface area (Å²) in [4.78, 5) is 8.25. The third-order valence-electron chi connectivity index (χ3n) is 4.89. The molecule has 1 unspecified atom stereocenters. The topological polar surface area (TPSA) is 113 Å². The molecule has 3 aromatic heterocycles. The van der Waals surface area contributed by atoms with Crippen LogP contribution in [-0.4, -0.2) is 44.2 Å². The molecule has 1 fully saturated rings. The van der Waals surface area contributed by atoms with E-state index in [-0.39, 0.29) is 17.0 Å². The van der Waals surface area contributed by atoms with Gasteiger partial charge in [0.2, 0.25) is 5.88 Å². The molecule has 3 heterocycles. The molecule has 0 radical (unpaired) electrons. The summed E-state index contributed by atoms with van der Waals surface area (Å²) in [6.45, 7) is 0. The average molecular weight is 382 g/mol. The van der Waals surface area contributed by atoms with Crippen LogP contribution in [0.4, 0.5) is 4.39 Å². The highest BCUT2D eigenvalue weighted by molar-refractivity contribution is 6.58. The molecule has 1 atom stereocenters. The number of ether oxygens (including phenoxy) is 2. The second-order valence-electron chi connectivity index (χ2n) is 6.62. The Morgan fingerprint density at radius 3 is 2.64 bits per heavy atom. The molecule has 0 spiro atoms. The Labute approximate surface area is 159 Å². The van der Waals surface area contributed by atoms with Crippen molar-refractivity contribution in [2.75, 3.05) is 7.11 Å². The average Bonchev–Trinajstić information content (AvgIpc) is 3.38. The van der Waals surface area contributed by atoms with E-state index in [1.54, 1.807) is 7.11 Å². The SMILES string of the molecule is COC1(C(Oc2cc(B(O)O)cc3ncc(C#N)n23)c2ccc(F)cn2)CC1. The van der Waals surface area contributed by atoms with E-state index < -0.39 is 24.6 Å². The fourth-order valence-corrected chi connectivity index (χ4v) is 3.21. The number of aromatic nitrogens is 3. The maximum Gasteiger partial charge on any atom is 0.488 e. The largest absolute Gasteiger partial charge is 0.488 e. The quantitative estimate of drug-likeness (QED) is 0.604. The minimum absolute atomic E-state index is 0.158. The molecule has 1 aliphatic carbocycles. The number of methoxy groups -OCH3 is 1. The van der Waals surface area contributed by atoms with Gasteiger partial charge in [-0.25, -0.2) is 9.37 Å². The summed E-state index contributed by atoms with van der Waals surface area (Å²) >= 11 is 0. The van der Waals surface area contributed by atoms with Gasteiger partial charge >= 0.3 is 7.12 Å². The van der Waals surface area contributed by atoms with Crippen LogP contribution in [0.25, 0.3) is 5.65 Å². The van der Waals surface area contributed by atoms with Crippen LogP contribution >= 0.6 is 0 Å². The molecular weight excluding hydrogens is 366 g/mol. The monoisotopic (exact) mass is 382 g/mol. The van der Waals surface area contributed by atoms with E-state index in [4.69, 9.17) is 9.47 Å². The van der Waals surface area contributed by atoms with Gasteiger partial charge in [-0.2, -0.15) is 5.26 Å². The normalized spacial score (nSPS) is 15.8. The lowest BCUT2D eigenvalue weighted by molar-refractivity contribution is -0.0244. The minimum Gasteiger partial charge on any atom is -0.466 e. The molecule has 0 saturated heterocycles. The highest BCUT2D eigenvalue weighted by Gasteiger charge is 2.53. The molecule has 0 aliphatic heterocycles. The number of pyridine rings is 2. The molecule has 1 saturated carbocycles. The van der Waals surface area contributed by atoms with E-state index in [1.165, 1.54) is 34.9 Å².